The molecule has 10 nitrogen and oxygen atoms in total. The zero-order valence-electron chi connectivity index (χ0n) is 17.2. The van der Waals surface area contributed by atoms with E-state index in [9.17, 15) is 13.2 Å². The average Bonchev–Trinajstić information content (AvgIpc) is 3.44. The highest BCUT2D eigenvalue weighted by atomic mass is 32.2. The Morgan fingerprint density at radius 1 is 1.16 bits per heavy atom. The summed E-state index contributed by atoms with van der Waals surface area (Å²) in [5.41, 5.74) is 0. The summed E-state index contributed by atoms with van der Waals surface area (Å²) in [4.78, 5) is 22.9. The first-order valence-electron chi connectivity index (χ1n) is 9.77. The van der Waals surface area contributed by atoms with Gasteiger partial charge in [-0.1, -0.05) is 0 Å². The molecule has 0 spiro atoms. The van der Waals surface area contributed by atoms with Crippen LogP contribution in [0.15, 0.2) is 40.9 Å². The first-order chi connectivity index (χ1) is 14.8. The molecular formula is C19H23N7O3S2. The van der Waals surface area contributed by atoms with Crippen molar-refractivity contribution in [1.82, 2.24) is 29.4 Å². The molecule has 4 rings (SSSR count). The van der Waals surface area contributed by atoms with E-state index in [2.05, 4.69) is 25.3 Å². The topological polar surface area (TPSA) is 113 Å². The smallest absolute Gasteiger partial charge is 0.252 e. The molecule has 1 saturated heterocycles. The number of anilines is 1. The van der Waals surface area contributed by atoms with Gasteiger partial charge in [0, 0.05) is 56.4 Å². The minimum absolute atomic E-state index is 0.149. The molecule has 4 heterocycles. The quantitative estimate of drug-likeness (QED) is 0.586. The van der Waals surface area contributed by atoms with E-state index in [4.69, 9.17) is 0 Å². The lowest BCUT2D eigenvalue weighted by Crippen LogP contribution is -2.48. The molecule has 0 saturated carbocycles. The molecule has 1 N–H and O–H groups in total. The van der Waals surface area contributed by atoms with Gasteiger partial charge in [-0.05, 0) is 25.1 Å². The predicted molar refractivity (Wildman–Crippen MR) is 117 cm³/mol. The predicted octanol–water partition coefficient (Wildman–Crippen LogP) is 1.18. The number of hydrogen-bond donors (Lipinski definition) is 1. The number of aromatic nitrogens is 4. The summed E-state index contributed by atoms with van der Waals surface area (Å²) in [5.74, 6) is 1.91. The summed E-state index contributed by atoms with van der Waals surface area (Å²) >= 11 is 1.19. The van der Waals surface area contributed by atoms with Crippen molar-refractivity contribution in [1.29, 1.82) is 0 Å². The van der Waals surface area contributed by atoms with Gasteiger partial charge in [-0.3, -0.25) is 4.79 Å². The number of amides is 1. The third-order valence-electron chi connectivity index (χ3n) is 4.86. The minimum Gasteiger partial charge on any atom is -0.354 e. The van der Waals surface area contributed by atoms with Gasteiger partial charge in [0.15, 0.2) is 5.82 Å². The third kappa shape index (κ3) is 4.75. The van der Waals surface area contributed by atoms with Crippen LogP contribution >= 0.6 is 11.3 Å². The van der Waals surface area contributed by atoms with Crippen LogP contribution in [0.2, 0.25) is 0 Å². The van der Waals surface area contributed by atoms with Crippen LogP contribution < -0.4 is 10.2 Å². The largest absolute Gasteiger partial charge is 0.354 e. The van der Waals surface area contributed by atoms with Crippen LogP contribution in [0.3, 0.4) is 0 Å². The van der Waals surface area contributed by atoms with E-state index >= 15 is 0 Å². The van der Waals surface area contributed by atoms with Gasteiger partial charge in [0.05, 0.1) is 6.54 Å². The normalized spacial score (nSPS) is 15.2. The van der Waals surface area contributed by atoms with Gasteiger partial charge < -0.3 is 10.2 Å². The van der Waals surface area contributed by atoms with Gasteiger partial charge in [0.2, 0.25) is 5.91 Å². The van der Waals surface area contributed by atoms with Crippen LogP contribution in [-0.2, 0) is 21.4 Å². The zero-order chi connectivity index (χ0) is 22.0. The Balaban J connectivity index is 1.44. The van der Waals surface area contributed by atoms with E-state index < -0.39 is 10.0 Å². The highest BCUT2D eigenvalue weighted by Crippen LogP contribution is 2.26. The van der Waals surface area contributed by atoms with E-state index in [1.807, 2.05) is 25.3 Å². The molecule has 1 aliphatic rings. The molecule has 1 amide bonds. The molecule has 0 aliphatic carbocycles. The van der Waals surface area contributed by atoms with Gasteiger partial charge in [-0.25, -0.2) is 23.1 Å². The fourth-order valence-corrected chi connectivity index (χ4v) is 6.18. The fourth-order valence-electron chi connectivity index (χ4n) is 3.31. The number of thiophene rings is 1. The van der Waals surface area contributed by atoms with Crippen molar-refractivity contribution < 1.29 is 13.2 Å². The van der Waals surface area contributed by atoms with Gasteiger partial charge >= 0.3 is 0 Å². The number of nitrogens with zero attached hydrogens (tertiary/aromatic N) is 6. The number of aryl methyl sites for hydroxylation is 1. The molecule has 1 fully saturated rings. The summed E-state index contributed by atoms with van der Waals surface area (Å²) in [5, 5.41) is 6.90. The van der Waals surface area contributed by atoms with Gasteiger partial charge in [0.25, 0.3) is 10.0 Å². The van der Waals surface area contributed by atoms with Crippen molar-refractivity contribution >= 4 is 33.1 Å². The van der Waals surface area contributed by atoms with Crippen LogP contribution in [0, 0.1) is 6.92 Å². The maximum Gasteiger partial charge on any atom is 0.252 e. The molecule has 0 unspecified atom stereocenters. The lowest BCUT2D eigenvalue weighted by Gasteiger charge is -2.34. The molecule has 0 atom stereocenters. The maximum absolute atomic E-state index is 13.0. The molecule has 0 radical (unpaired) electrons. The van der Waals surface area contributed by atoms with Gasteiger partial charge in [-0.2, -0.15) is 9.40 Å². The molecule has 3 aromatic rings. The Morgan fingerprint density at radius 3 is 2.58 bits per heavy atom. The monoisotopic (exact) mass is 461 g/mol. The molecule has 12 heteroatoms. The van der Waals surface area contributed by atoms with Crippen LogP contribution in [0.1, 0.15) is 17.6 Å². The second-order valence-corrected chi connectivity index (χ2v) is 10.4. The second kappa shape index (κ2) is 8.73. The average molecular weight is 462 g/mol. The van der Waals surface area contributed by atoms with Crippen molar-refractivity contribution in [3.8, 4) is 5.82 Å². The summed E-state index contributed by atoms with van der Waals surface area (Å²) in [7, 11) is -3.57. The van der Waals surface area contributed by atoms with Crippen LogP contribution in [-0.4, -0.2) is 64.6 Å². The number of piperazine rings is 1. The minimum atomic E-state index is -3.57. The molecule has 0 aromatic carbocycles. The van der Waals surface area contributed by atoms with Crippen molar-refractivity contribution in [2.24, 2.45) is 0 Å². The van der Waals surface area contributed by atoms with Crippen LogP contribution in [0.5, 0.6) is 0 Å². The van der Waals surface area contributed by atoms with E-state index in [0.29, 0.717) is 48.6 Å². The Labute approximate surface area is 184 Å². The molecule has 1 aliphatic heterocycles. The zero-order valence-corrected chi connectivity index (χ0v) is 18.9. The summed E-state index contributed by atoms with van der Waals surface area (Å²) in [6, 6.07) is 7.03. The van der Waals surface area contributed by atoms with Crippen molar-refractivity contribution in [3.05, 3.63) is 47.4 Å². The number of nitrogens with one attached hydrogen (secondary N) is 1. The highest BCUT2D eigenvalue weighted by Gasteiger charge is 2.30. The van der Waals surface area contributed by atoms with Crippen LogP contribution in [0.4, 0.5) is 5.82 Å². The fraction of sp³-hybridized carbons (Fsp3) is 0.368. The van der Waals surface area contributed by atoms with Crippen molar-refractivity contribution in [2.75, 3.05) is 31.1 Å². The molecule has 31 heavy (non-hydrogen) atoms. The number of rotatable bonds is 6. The SMILES string of the molecule is CC(=O)NCc1ccc(S(=O)(=O)N2CCN(c3cc(-n4cccn4)nc(C)n3)CC2)s1. The second-order valence-electron chi connectivity index (χ2n) is 7.10. The van der Waals surface area contributed by atoms with E-state index in [1.54, 1.807) is 23.0 Å². The highest BCUT2D eigenvalue weighted by molar-refractivity contribution is 7.91. The Bertz CT molecular complexity index is 1170. The number of carbonyl (C=O) groups excluding carboxylic acids is 1. The van der Waals surface area contributed by atoms with E-state index in [-0.39, 0.29) is 5.91 Å². The number of carbonyl (C=O) groups is 1. The Hall–Kier alpha value is -2.83. The van der Waals surface area contributed by atoms with E-state index in [0.717, 1.165) is 10.7 Å². The molecule has 3 aromatic heterocycles. The Kier molecular flexibility index (Phi) is 6.03. The third-order valence-corrected chi connectivity index (χ3v) is 8.31. The van der Waals surface area contributed by atoms with Gasteiger partial charge in [-0.15, -0.1) is 11.3 Å². The summed E-state index contributed by atoms with van der Waals surface area (Å²) < 4.78 is 29.5. The first kappa shape index (κ1) is 21.4. The van der Waals surface area contributed by atoms with Crippen LogP contribution in [0.25, 0.3) is 5.82 Å². The number of hydrogen-bond acceptors (Lipinski definition) is 8. The Morgan fingerprint density at radius 2 is 1.90 bits per heavy atom. The summed E-state index contributed by atoms with van der Waals surface area (Å²) in [6.45, 7) is 5.36. The maximum atomic E-state index is 13.0. The molecular weight excluding hydrogens is 438 g/mol. The molecule has 164 valence electrons. The first-order valence-corrected chi connectivity index (χ1v) is 12.0. The lowest BCUT2D eigenvalue weighted by molar-refractivity contribution is -0.119. The van der Waals surface area contributed by atoms with Gasteiger partial charge in [0.1, 0.15) is 15.9 Å². The van der Waals surface area contributed by atoms with E-state index in [1.165, 1.54) is 22.6 Å². The lowest BCUT2D eigenvalue weighted by atomic mass is 10.3. The summed E-state index contributed by atoms with van der Waals surface area (Å²) in [6.07, 6.45) is 3.50. The molecule has 0 bridgehead atoms. The standard InChI is InChI=1S/C19H23N7O3S2/c1-14-22-17(12-18(23-14)26-7-3-6-21-26)24-8-10-25(11-9-24)31(28,29)19-5-4-16(30-19)13-20-15(2)27/h3-7,12H,8-11,13H2,1-2H3,(H,20,27). The number of sulfonamides is 1. The van der Waals surface area contributed by atoms with Crippen molar-refractivity contribution in [3.63, 3.8) is 0 Å². The van der Waals surface area contributed by atoms with Crippen molar-refractivity contribution in [2.45, 2.75) is 24.6 Å².